The Bertz CT molecular complexity index is 621. The van der Waals surface area contributed by atoms with Gasteiger partial charge in [-0.15, -0.1) is 0 Å². The maximum atomic E-state index is 12.0. The lowest BCUT2D eigenvalue weighted by atomic mass is 10.1. The molecular weight excluding hydrogens is 254 g/mol. The van der Waals surface area contributed by atoms with Crippen molar-refractivity contribution in [1.82, 2.24) is 4.98 Å². The van der Waals surface area contributed by atoms with E-state index in [9.17, 15) is 4.79 Å². The molecule has 1 aromatic heterocycles. The van der Waals surface area contributed by atoms with Crippen LogP contribution in [0.2, 0.25) is 0 Å². The van der Waals surface area contributed by atoms with Crippen molar-refractivity contribution in [2.24, 2.45) is 0 Å². The van der Waals surface area contributed by atoms with E-state index in [1.165, 1.54) is 12.3 Å². The van der Waals surface area contributed by atoms with Crippen LogP contribution in [0.15, 0.2) is 48.8 Å². The van der Waals surface area contributed by atoms with Gasteiger partial charge >= 0.3 is 0 Å². The minimum atomic E-state index is -0.108. The lowest BCUT2D eigenvalue weighted by molar-refractivity contribution is 0.104. The highest BCUT2D eigenvalue weighted by Crippen LogP contribution is 2.31. The second-order valence-corrected chi connectivity index (χ2v) is 4.02. The zero-order chi connectivity index (χ0) is 14.4. The molecule has 0 unspecified atom stereocenters. The number of hydrogen-bond acceptors (Lipinski definition) is 4. The second-order valence-electron chi connectivity index (χ2n) is 4.02. The predicted molar refractivity (Wildman–Crippen MR) is 77.1 cm³/mol. The third kappa shape index (κ3) is 3.03. The number of para-hydroxylation sites is 1. The fourth-order valence-electron chi connectivity index (χ4n) is 1.81. The normalized spacial score (nSPS) is 10.5. The van der Waals surface area contributed by atoms with E-state index in [4.69, 9.17) is 9.47 Å². The first kappa shape index (κ1) is 13.8. The Morgan fingerprint density at radius 3 is 2.65 bits per heavy atom. The molecule has 0 aliphatic rings. The fourth-order valence-corrected chi connectivity index (χ4v) is 1.81. The average molecular weight is 269 g/mol. The van der Waals surface area contributed by atoms with Crippen LogP contribution in [-0.2, 0) is 0 Å². The van der Waals surface area contributed by atoms with E-state index in [-0.39, 0.29) is 5.78 Å². The summed E-state index contributed by atoms with van der Waals surface area (Å²) in [5.41, 5.74) is 1.33. The van der Waals surface area contributed by atoms with Crippen molar-refractivity contribution in [3.8, 4) is 11.5 Å². The minimum Gasteiger partial charge on any atom is -0.493 e. The number of aromatic nitrogens is 1. The van der Waals surface area contributed by atoms with Gasteiger partial charge in [-0.1, -0.05) is 12.1 Å². The van der Waals surface area contributed by atoms with E-state index in [1.807, 2.05) is 12.1 Å². The van der Waals surface area contributed by atoms with Gasteiger partial charge in [-0.2, -0.15) is 0 Å². The van der Waals surface area contributed by atoms with Gasteiger partial charge in [0.2, 0.25) is 0 Å². The Morgan fingerprint density at radius 2 is 2.00 bits per heavy atom. The third-order valence-corrected chi connectivity index (χ3v) is 2.79. The van der Waals surface area contributed by atoms with Crippen LogP contribution in [0.3, 0.4) is 0 Å². The highest BCUT2D eigenvalue weighted by atomic mass is 16.5. The van der Waals surface area contributed by atoms with Crippen LogP contribution in [0, 0.1) is 0 Å². The zero-order valence-electron chi connectivity index (χ0n) is 11.4. The predicted octanol–water partition coefficient (Wildman–Crippen LogP) is 2.99. The molecule has 0 N–H and O–H groups in total. The number of methoxy groups -OCH3 is 2. The molecule has 0 aliphatic heterocycles. The monoisotopic (exact) mass is 269 g/mol. The van der Waals surface area contributed by atoms with Crippen LogP contribution in [-0.4, -0.2) is 25.0 Å². The van der Waals surface area contributed by atoms with Crippen molar-refractivity contribution in [2.75, 3.05) is 14.2 Å². The first-order chi connectivity index (χ1) is 9.76. The van der Waals surface area contributed by atoms with E-state index in [0.29, 0.717) is 17.1 Å². The molecule has 1 heterocycles. The number of rotatable bonds is 5. The Labute approximate surface area is 117 Å². The molecule has 0 fully saturated rings. The SMILES string of the molecule is COc1cccc(C=CC(=O)c2cccnc2)c1OC. The second kappa shape index (κ2) is 6.52. The fraction of sp³-hybridized carbons (Fsp3) is 0.125. The molecular formula is C16H15NO3. The standard InChI is InChI=1S/C16H15NO3/c1-19-15-7-3-5-12(16(15)20-2)8-9-14(18)13-6-4-10-17-11-13/h3-11H,1-2H3. The lowest BCUT2D eigenvalue weighted by Crippen LogP contribution is -1.95. The van der Waals surface area contributed by atoms with Gasteiger partial charge in [0.05, 0.1) is 14.2 Å². The summed E-state index contributed by atoms with van der Waals surface area (Å²) in [6.45, 7) is 0. The summed E-state index contributed by atoms with van der Waals surface area (Å²) >= 11 is 0. The van der Waals surface area contributed by atoms with Gasteiger partial charge in [-0.3, -0.25) is 9.78 Å². The molecule has 4 nitrogen and oxygen atoms in total. The minimum absolute atomic E-state index is 0.108. The van der Waals surface area contributed by atoms with Crippen LogP contribution in [0.25, 0.3) is 6.08 Å². The number of pyridine rings is 1. The molecule has 0 amide bonds. The van der Waals surface area contributed by atoms with Crippen molar-refractivity contribution in [2.45, 2.75) is 0 Å². The molecule has 0 aliphatic carbocycles. The van der Waals surface area contributed by atoms with E-state index in [1.54, 1.807) is 44.7 Å². The van der Waals surface area contributed by atoms with Gasteiger partial charge < -0.3 is 9.47 Å². The number of hydrogen-bond donors (Lipinski definition) is 0. The molecule has 0 bridgehead atoms. The van der Waals surface area contributed by atoms with E-state index in [0.717, 1.165) is 5.56 Å². The van der Waals surface area contributed by atoms with Crippen LogP contribution in [0.4, 0.5) is 0 Å². The quantitative estimate of drug-likeness (QED) is 0.618. The number of carbonyl (C=O) groups excluding carboxylic acids is 1. The molecule has 0 spiro atoms. The third-order valence-electron chi connectivity index (χ3n) is 2.79. The number of benzene rings is 1. The molecule has 0 atom stereocenters. The van der Waals surface area contributed by atoms with Crippen molar-refractivity contribution >= 4 is 11.9 Å². The van der Waals surface area contributed by atoms with E-state index in [2.05, 4.69) is 4.98 Å². The van der Waals surface area contributed by atoms with Crippen LogP contribution in [0.5, 0.6) is 11.5 Å². The summed E-state index contributed by atoms with van der Waals surface area (Å²) < 4.78 is 10.5. The maximum Gasteiger partial charge on any atom is 0.187 e. The summed E-state index contributed by atoms with van der Waals surface area (Å²) in [7, 11) is 3.14. The number of ketones is 1. The van der Waals surface area contributed by atoms with Gasteiger partial charge in [-0.05, 0) is 30.4 Å². The highest BCUT2D eigenvalue weighted by molar-refractivity contribution is 6.06. The number of nitrogens with zero attached hydrogens (tertiary/aromatic N) is 1. The molecule has 0 radical (unpaired) electrons. The van der Waals surface area contributed by atoms with Crippen molar-refractivity contribution in [1.29, 1.82) is 0 Å². The van der Waals surface area contributed by atoms with Crippen LogP contribution >= 0.6 is 0 Å². The molecule has 1 aromatic carbocycles. The largest absolute Gasteiger partial charge is 0.493 e. The highest BCUT2D eigenvalue weighted by Gasteiger charge is 2.07. The summed E-state index contributed by atoms with van der Waals surface area (Å²) in [6, 6.07) is 8.96. The van der Waals surface area contributed by atoms with Gasteiger partial charge in [-0.25, -0.2) is 0 Å². The summed E-state index contributed by atoms with van der Waals surface area (Å²) in [5, 5.41) is 0. The Morgan fingerprint density at radius 1 is 1.15 bits per heavy atom. The lowest BCUT2D eigenvalue weighted by Gasteiger charge is -2.09. The van der Waals surface area contributed by atoms with E-state index >= 15 is 0 Å². The average Bonchev–Trinajstić information content (AvgIpc) is 2.52. The molecule has 2 rings (SSSR count). The van der Waals surface area contributed by atoms with Crippen molar-refractivity contribution in [3.05, 3.63) is 59.9 Å². The van der Waals surface area contributed by atoms with Crippen molar-refractivity contribution < 1.29 is 14.3 Å². The summed E-state index contributed by atoms with van der Waals surface area (Å²) in [4.78, 5) is 15.9. The molecule has 0 saturated carbocycles. The van der Waals surface area contributed by atoms with E-state index < -0.39 is 0 Å². The number of carbonyl (C=O) groups is 1. The topological polar surface area (TPSA) is 48.4 Å². The first-order valence-electron chi connectivity index (χ1n) is 6.09. The summed E-state index contributed by atoms with van der Waals surface area (Å²) in [6.07, 6.45) is 6.37. The van der Waals surface area contributed by atoms with Gasteiger partial charge in [0.25, 0.3) is 0 Å². The smallest absolute Gasteiger partial charge is 0.187 e. The number of ether oxygens (including phenoxy) is 2. The zero-order valence-corrected chi connectivity index (χ0v) is 11.4. The van der Waals surface area contributed by atoms with Crippen molar-refractivity contribution in [3.63, 3.8) is 0 Å². The van der Waals surface area contributed by atoms with Crippen LogP contribution < -0.4 is 9.47 Å². The Kier molecular flexibility index (Phi) is 4.50. The van der Waals surface area contributed by atoms with Gasteiger partial charge in [0, 0.05) is 23.5 Å². The molecule has 20 heavy (non-hydrogen) atoms. The van der Waals surface area contributed by atoms with Gasteiger partial charge in [0.1, 0.15) is 0 Å². The van der Waals surface area contributed by atoms with Gasteiger partial charge in [0.15, 0.2) is 17.3 Å². The first-order valence-corrected chi connectivity index (χ1v) is 6.09. The maximum absolute atomic E-state index is 12.0. The molecule has 4 heteroatoms. The summed E-state index contributed by atoms with van der Waals surface area (Å²) in [5.74, 6) is 1.12. The number of allylic oxidation sites excluding steroid dienone is 1. The Balaban J connectivity index is 2.26. The van der Waals surface area contributed by atoms with Crippen LogP contribution in [0.1, 0.15) is 15.9 Å². The molecule has 0 saturated heterocycles. The molecule has 2 aromatic rings. The Hall–Kier alpha value is -2.62. The molecule has 102 valence electrons.